The van der Waals surface area contributed by atoms with Gasteiger partial charge in [0.25, 0.3) is 0 Å². The van der Waals surface area contributed by atoms with Gasteiger partial charge in [0.15, 0.2) is 0 Å². The molecular weight excluding hydrogens is 334 g/mol. The summed E-state index contributed by atoms with van der Waals surface area (Å²) in [7, 11) is 1.68. The fourth-order valence-corrected chi connectivity index (χ4v) is 3.62. The van der Waals surface area contributed by atoms with Crippen LogP contribution in [0.5, 0.6) is 0 Å². The van der Waals surface area contributed by atoms with Gasteiger partial charge >= 0.3 is 0 Å². The van der Waals surface area contributed by atoms with Gasteiger partial charge in [0.05, 0.1) is 19.0 Å². The summed E-state index contributed by atoms with van der Waals surface area (Å²) in [5, 5.41) is 4.82. The van der Waals surface area contributed by atoms with Gasteiger partial charge in [-0.15, -0.1) is 23.7 Å². The largest absolute Gasteiger partial charge is 0.350 e. The number of carbonyl (C=O) groups excluding carboxylic acids is 2. The summed E-state index contributed by atoms with van der Waals surface area (Å²) in [5.74, 6) is -0.342. The molecule has 1 saturated carbocycles. The predicted octanol–water partition coefficient (Wildman–Crippen LogP) is 2.15. The molecule has 1 aromatic rings. The van der Waals surface area contributed by atoms with Gasteiger partial charge in [0, 0.05) is 17.5 Å². The Balaban J connectivity index is 0.00000264. The number of rotatable bonds is 5. The van der Waals surface area contributed by atoms with Gasteiger partial charge in [-0.25, -0.2) is 0 Å². The Morgan fingerprint density at radius 1 is 1.48 bits per heavy atom. The van der Waals surface area contributed by atoms with Crippen LogP contribution in [-0.4, -0.2) is 35.8 Å². The van der Waals surface area contributed by atoms with Crippen LogP contribution >= 0.6 is 23.7 Å². The van der Waals surface area contributed by atoms with Gasteiger partial charge in [0.1, 0.15) is 0 Å². The van der Waals surface area contributed by atoms with Gasteiger partial charge in [-0.3, -0.25) is 9.59 Å². The van der Waals surface area contributed by atoms with Crippen molar-refractivity contribution in [1.29, 1.82) is 0 Å². The third-order valence-corrected chi connectivity index (χ3v) is 5.23. The van der Waals surface area contributed by atoms with Gasteiger partial charge in [-0.2, -0.15) is 0 Å². The molecule has 0 radical (unpaired) electrons. The SMILES string of the molecule is CN(CC(=O)NCc1cccs1)C(=O)C1CCCCC1(C)N.Cl. The highest BCUT2D eigenvalue weighted by atomic mass is 35.5. The van der Waals surface area contributed by atoms with Crippen molar-refractivity contribution in [2.75, 3.05) is 13.6 Å². The van der Waals surface area contributed by atoms with E-state index in [9.17, 15) is 9.59 Å². The van der Waals surface area contributed by atoms with E-state index in [-0.39, 0.29) is 36.7 Å². The summed E-state index contributed by atoms with van der Waals surface area (Å²) in [6, 6.07) is 3.93. The van der Waals surface area contributed by atoms with Gasteiger partial charge in [0.2, 0.25) is 11.8 Å². The number of carbonyl (C=O) groups is 2. The van der Waals surface area contributed by atoms with Crippen molar-refractivity contribution < 1.29 is 9.59 Å². The highest BCUT2D eigenvalue weighted by Gasteiger charge is 2.39. The molecule has 0 spiro atoms. The summed E-state index contributed by atoms with van der Waals surface area (Å²) in [4.78, 5) is 27.1. The Bertz CT molecular complexity index is 519. The zero-order valence-electron chi connectivity index (χ0n) is 13.7. The quantitative estimate of drug-likeness (QED) is 0.845. The molecule has 1 aliphatic carbocycles. The Hall–Kier alpha value is -1.11. The van der Waals surface area contributed by atoms with E-state index in [1.165, 1.54) is 4.90 Å². The molecule has 5 nitrogen and oxygen atoms in total. The van der Waals surface area contributed by atoms with Crippen LogP contribution in [0.1, 0.15) is 37.5 Å². The van der Waals surface area contributed by atoms with Gasteiger partial charge in [-0.1, -0.05) is 18.9 Å². The van der Waals surface area contributed by atoms with Crippen LogP contribution in [-0.2, 0) is 16.1 Å². The lowest BCUT2D eigenvalue weighted by Crippen LogP contribution is -2.54. The second-order valence-corrected chi connectivity index (χ2v) is 7.39. The second-order valence-electron chi connectivity index (χ2n) is 6.35. The van der Waals surface area contributed by atoms with Crippen molar-refractivity contribution in [1.82, 2.24) is 10.2 Å². The Morgan fingerprint density at radius 3 is 2.83 bits per heavy atom. The predicted molar refractivity (Wildman–Crippen MR) is 95.6 cm³/mol. The molecule has 1 heterocycles. The van der Waals surface area contributed by atoms with Crippen molar-refractivity contribution in [3.63, 3.8) is 0 Å². The number of nitrogens with zero attached hydrogens (tertiary/aromatic N) is 1. The topological polar surface area (TPSA) is 75.4 Å². The van der Waals surface area contributed by atoms with Crippen molar-refractivity contribution in [2.45, 2.75) is 44.7 Å². The monoisotopic (exact) mass is 359 g/mol. The first-order valence-electron chi connectivity index (χ1n) is 7.73. The molecule has 2 atom stereocenters. The molecule has 23 heavy (non-hydrogen) atoms. The summed E-state index contributed by atoms with van der Waals surface area (Å²) in [5.41, 5.74) is 5.81. The molecule has 2 amide bonds. The Kier molecular flexibility index (Phi) is 7.51. The summed E-state index contributed by atoms with van der Waals surface area (Å²) < 4.78 is 0. The fraction of sp³-hybridized carbons (Fsp3) is 0.625. The summed E-state index contributed by atoms with van der Waals surface area (Å²) >= 11 is 1.60. The highest BCUT2D eigenvalue weighted by molar-refractivity contribution is 7.09. The number of amides is 2. The molecule has 1 fully saturated rings. The third kappa shape index (κ3) is 5.48. The van der Waals surface area contributed by atoms with E-state index in [1.807, 2.05) is 24.4 Å². The molecular formula is C16H26ClN3O2S. The minimum absolute atomic E-state index is 0. The maximum Gasteiger partial charge on any atom is 0.239 e. The molecule has 0 aliphatic heterocycles. The first kappa shape index (κ1) is 19.9. The minimum Gasteiger partial charge on any atom is -0.350 e. The average molecular weight is 360 g/mol. The van der Waals surface area contributed by atoms with Crippen LogP contribution in [0.2, 0.25) is 0 Å². The molecule has 1 aromatic heterocycles. The van der Waals surface area contributed by atoms with Crippen molar-refractivity contribution in [3.8, 4) is 0 Å². The smallest absolute Gasteiger partial charge is 0.239 e. The number of likely N-dealkylation sites (N-methyl/N-ethyl adjacent to an activating group) is 1. The summed E-state index contributed by atoms with van der Waals surface area (Å²) in [6.45, 7) is 2.53. The van der Waals surface area contributed by atoms with E-state index >= 15 is 0 Å². The van der Waals surface area contributed by atoms with Crippen LogP contribution in [0.3, 0.4) is 0 Å². The zero-order chi connectivity index (χ0) is 16.2. The van der Waals surface area contributed by atoms with Crippen LogP contribution in [0, 0.1) is 5.92 Å². The second kappa shape index (κ2) is 8.66. The number of hydrogen-bond acceptors (Lipinski definition) is 4. The maximum absolute atomic E-state index is 12.6. The van der Waals surface area contributed by atoms with E-state index in [0.717, 1.165) is 30.6 Å². The van der Waals surface area contributed by atoms with E-state index < -0.39 is 5.54 Å². The molecule has 7 heteroatoms. The number of halogens is 1. The standard InChI is InChI=1S/C16H25N3O2S.ClH/c1-16(17)8-4-3-7-13(16)15(21)19(2)11-14(20)18-10-12-6-5-9-22-12;/h5-6,9,13H,3-4,7-8,10-11,17H2,1-2H3,(H,18,20);1H. The van der Waals surface area contributed by atoms with Crippen LogP contribution in [0.25, 0.3) is 0 Å². The highest BCUT2D eigenvalue weighted by Crippen LogP contribution is 2.32. The van der Waals surface area contributed by atoms with Crippen molar-refractivity contribution >= 4 is 35.6 Å². The molecule has 2 unspecified atom stereocenters. The molecule has 1 aliphatic rings. The van der Waals surface area contributed by atoms with Gasteiger partial charge in [-0.05, 0) is 31.2 Å². The zero-order valence-corrected chi connectivity index (χ0v) is 15.3. The average Bonchev–Trinajstić information content (AvgIpc) is 2.97. The number of thiophene rings is 1. The molecule has 0 aromatic carbocycles. The lowest BCUT2D eigenvalue weighted by Gasteiger charge is -2.39. The number of hydrogen-bond donors (Lipinski definition) is 2. The normalized spacial score (nSPS) is 23.7. The molecule has 3 N–H and O–H groups in total. The molecule has 130 valence electrons. The first-order chi connectivity index (χ1) is 10.4. The van der Waals surface area contributed by atoms with Crippen LogP contribution < -0.4 is 11.1 Å². The molecule has 0 saturated heterocycles. The fourth-order valence-electron chi connectivity index (χ4n) is 2.98. The minimum atomic E-state index is -0.461. The first-order valence-corrected chi connectivity index (χ1v) is 8.61. The van der Waals surface area contributed by atoms with E-state index in [4.69, 9.17) is 5.73 Å². The lowest BCUT2D eigenvalue weighted by molar-refractivity contribution is -0.140. The van der Waals surface area contributed by atoms with Crippen molar-refractivity contribution in [2.24, 2.45) is 11.7 Å². The summed E-state index contributed by atoms with van der Waals surface area (Å²) in [6.07, 6.45) is 3.78. The van der Waals surface area contributed by atoms with Gasteiger partial charge < -0.3 is 16.0 Å². The molecule has 2 rings (SSSR count). The van der Waals surface area contributed by atoms with E-state index in [0.29, 0.717) is 6.54 Å². The maximum atomic E-state index is 12.6. The van der Waals surface area contributed by atoms with E-state index in [2.05, 4.69) is 5.32 Å². The van der Waals surface area contributed by atoms with Crippen LogP contribution in [0.4, 0.5) is 0 Å². The Labute approximate surface area is 148 Å². The third-order valence-electron chi connectivity index (χ3n) is 4.35. The van der Waals surface area contributed by atoms with E-state index in [1.54, 1.807) is 18.4 Å². The molecule has 0 bridgehead atoms. The number of nitrogens with two attached hydrogens (primary N) is 1. The lowest BCUT2D eigenvalue weighted by atomic mass is 9.74. The number of nitrogens with one attached hydrogen (secondary N) is 1. The van der Waals surface area contributed by atoms with Crippen molar-refractivity contribution in [3.05, 3.63) is 22.4 Å². The van der Waals surface area contributed by atoms with Crippen LogP contribution in [0.15, 0.2) is 17.5 Å². The Morgan fingerprint density at radius 2 is 2.22 bits per heavy atom.